The Morgan fingerprint density at radius 3 is 2.57 bits per heavy atom. The minimum atomic E-state index is -0.295. The molecule has 0 bridgehead atoms. The lowest BCUT2D eigenvalue weighted by Crippen LogP contribution is -2.05. The van der Waals surface area contributed by atoms with Crippen LogP contribution in [-0.2, 0) is 6.54 Å². The van der Waals surface area contributed by atoms with Crippen molar-refractivity contribution in [2.75, 3.05) is 5.32 Å². The van der Waals surface area contributed by atoms with Gasteiger partial charge in [0.15, 0.2) is 5.65 Å². The van der Waals surface area contributed by atoms with E-state index in [4.69, 9.17) is 4.98 Å². The normalized spacial score (nSPS) is 11.2. The summed E-state index contributed by atoms with van der Waals surface area (Å²) in [5.74, 6) is 0.427. The quantitative estimate of drug-likeness (QED) is 0.516. The summed E-state index contributed by atoms with van der Waals surface area (Å²) >= 11 is 0. The number of pyridine rings is 1. The fourth-order valence-electron chi connectivity index (χ4n) is 3.17. The smallest absolute Gasteiger partial charge is 0.186 e. The first-order valence-electron chi connectivity index (χ1n) is 8.83. The van der Waals surface area contributed by atoms with Crippen LogP contribution in [0.25, 0.3) is 27.8 Å². The summed E-state index contributed by atoms with van der Waals surface area (Å²) in [4.78, 5) is 9.13. The molecule has 0 spiro atoms. The van der Waals surface area contributed by atoms with Crippen LogP contribution in [0.15, 0.2) is 72.9 Å². The first-order chi connectivity index (χ1) is 13.8. The van der Waals surface area contributed by atoms with Crippen molar-refractivity contribution in [3.63, 3.8) is 0 Å². The molecule has 2 aromatic carbocycles. The van der Waals surface area contributed by atoms with Crippen LogP contribution in [0.1, 0.15) is 5.69 Å². The Labute approximate surface area is 159 Å². The average molecular weight is 370 g/mol. The van der Waals surface area contributed by atoms with Crippen LogP contribution < -0.4 is 5.32 Å². The Bertz CT molecular complexity index is 1270. The summed E-state index contributed by atoms with van der Waals surface area (Å²) in [5.41, 5.74) is 3.77. The maximum atomic E-state index is 13.3. The number of halogens is 1. The van der Waals surface area contributed by atoms with Crippen LogP contribution in [0, 0.1) is 5.82 Å². The van der Waals surface area contributed by atoms with Crippen molar-refractivity contribution in [3.8, 4) is 11.3 Å². The second-order valence-corrected chi connectivity index (χ2v) is 6.33. The van der Waals surface area contributed by atoms with Crippen molar-refractivity contribution in [1.82, 2.24) is 24.8 Å². The molecular weight excluding hydrogens is 355 g/mol. The molecule has 0 aliphatic carbocycles. The van der Waals surface area contributed by atoms with Crippen molar-refractivity contribution in [1.29, 1.82) is 0 Å². The molecule has 0 saturated carbocycles. The topological polar surface area (TPSA) is 68.0 Å². The average Bonchev–Trinajstić information content (AvgIpc) is 3.17. The molecule has 0 unspecified atom stereocenters. The number of hydrogen-bond acceptors (Lipinski definition) is 5. The van der Waals surface area contributed by atoms with Gasteiger partial charge in [-0.3, -0.25) is 4.98 Å². The molecule has 7 heteroatoms. The zero-order valence-electron chi connectivity index (χ0n) is 14.7. The Hall–Kier alpha value is -3.87. The standard InChI is InChI=1S/C21H15FN6/c22-15-10-8-14(9-11-15)19-21-25-20(24-13-16-5-3-4-12-23-16)17-6-1-2-7-18(17)28(21)27-26-19/h1-12H,13H2,(H,24,25). The number of para-hydroxylation sites is 1. The molecule has 1 N–H and O–H groups in total. The van der Waals surface area contributed by atoms with Gasteiger partial charge in [0.1, 0.15) is 17.3 Å². The minimum absolute atomic E-state index is 0.295. The fourth-order valence-corrected chi connectivity index (χ4v) is 3.17. The van der Waals surface area contributed by atoms with E-state index in [9.17, 15) is 4.39 Å². The Kier molecular flexibility index (Phi) is 3.90. The SMILES string of the molecule is Fc1ccc(-c2nnn3c2nc(NCc2ccccn2)c2ccccc23)cc1. The molecule has 0 fully saturated rings. The maximum absolute atomic E-state index is 13.3. The van der Waals surface area contributed by atoms with Crippen molar-refractivity contribution in [3.05, 3.63) is 84.4 Å². The van der Waals surface area contributed by atoms with Crippen LogP contribution in [-0.4, -0.2) is 24.8 Å². The molecule has 0 aliphatic heterocycles. The molecule has 0 aliphatic rings. The zero-order chi connectivity index (χ0) is 18.9. The summed E-state index contributed by atoms with van der Waals surface area (Å²) in [5, 5.41) is 12.9. The van der Waals surface area contributed by atoms with E-state index in [0.29, 0.717) is 17.9 Å². The van der Waals surface area contributed by atoms with Gasteiger partial charge in [-0.05, 0) is 48.5 Å². The van der Waals surface area contributed by atoms with Gasteiger partial charge < -0.3 is 5.32 Å². The highest BCUT2D eigenvalue weighted by molar-refractivity contribution is 5.93. The van der Waals surface area contributed by atoms with Crippen molar-refractivity contribution in [2.45, 2.75) is 6.54 Å². The number of nitrogens with zero attached hydrogens (tertiary/aromatic N) is 5. The zero-order valence-corrected chi connectivity index (χ0v) is 14.7. The summed E-state index contributed by atoms with van der Waals surface area (Å²) in [6.45, 7) is 0.543. The second-order valence-electron chi connectivity index (χ2n) is 6.33. The van der Waals surface area contributed by atoms with E-state index < -0.39 is 0 Å². The number of aromatic nitrogens is 5. The second kappa shape index (κ2) is 6.70. The third-order valence-electron chi connectivity index (χ3n) is 4.53. The van der Waals surface area contributed by atoms with Crippen LogP contribution in [0.5, 0.6) is 0 Å². The Morgan fingerprint density at radius 2 is 1.75 bits per heavy atom. The Morgan fingerprint density at radius 1 is 0.929 bits per heavy atom. The largest absolute Gasteiger partial charge is 0.364 e. The number of anilines is 1. The fraction of sp³-hybridized carbons (Fsp3) is 0.0476. The molecule has 5 rings (SSSR count). The molecule has 136 valence electrons. The lowest BCUT2D eigenvalue weighted by atomic mass is 10.1. The van der Waals surface area contributed by atoms with Gasteiger partial charge in [0.2, 0.25) is 0 Å². The van der Waals surface area contributed by atoms with E-state index in [1.165, 1.54) is 12.1 Å². The van der Waals surface area contributed by atoms with Crippen molar-refractivity contribution < 1.29 is 4.39 Å². The van der Waals surface area contributed by atoms with Gasteiger partial charge in [-0.1, -0.05) is 23.4 Å². The molecule has 0 atom stereocenters. The molecule has 0 amide bonds. The Balaban J connectivity index is 1.65. The minimum Gasteiger partial charge on any atom is -0.364 e. The maximum Gasteiger partial charge on any atom is 0.186 e. The third kappa shape index (κ3) is 2.83. The van der Waals surface area contributed by atoms with Crippen LogP contribution in [0.4, 0.5) is 10.2 Å². The van der Waals surface area contributed by atoms with Gasteiger partial charge >= 0.3 is 0 Å². The van der Waals surface area contributed by atoms with Gasteiger partial charge in [0.05, 0.1) is 17.8 Å². The van der Waals surface area contributed by atoms with E-state index in [1.807, 2.05) is 42.5 Å². The summed E-state index contributed by atoms with van der Waals surface area (Å²) in [6, 6.07) is 19.8. The number of rotatable bonds is 4. The number of nitrogens with one attached hydrogen (secondary N) is 1. The molecular formula is C21H15FN6. The number of hydrogen-bond donors (Lipinski definition) is 1. The number of fused-ring (bicyclic) bond motifs is 3. The first-order valence-corrected chi connectivity index (χ1v) is 8.83. The van der Waals surface area contributed by atoms with E-state index in [0.717, 1.165) is 28.0 Å². The predicted molar refractivity (Wildman–Crippen MR) is 105 cm³/mol. The van der Waals surface area contributed by atoms with E-state index >= 15 is 0 Å². The molecule has 5 aromatic rings. The molecule has 3 heterocycles. The summed E-state index contributed by atoms with van der Waals surface area (Å²) in [7, 11) is 0. The third-order valence-corrected chi connectivity index (χ3v) is 4.53. The van der Waals surface area contributed by atoms with Crippen molar-refractivity contribution in [2.24, 2.45) is 0 Å². The van der Waals surface area contributed by atoms with Crippen LogP contribution in [0.2, 0.25) is 0 Å². The highest BCUT2D eigenvalue weighted by atomic mass is 19.1. The monoisotopic (exact) mass is 370 g/mol. The van der Waals surface area contributed by atoms with E-state index in [1.54, 1.807) is 22.8 Å². The summed E-state index contributed by atoms with van der Waals surface area (Å²) in [6.07, 6.45) is 1.76. The highest BCUT2D eigenvalue weighted by Gasteiger charge is 2.15. The lowest BCUT2D eigenvalue weighted by Gasteiger charge is -2.10. The first kappa shape index (κ1) is 16.3. The van der Waals surface area contributed by atoms with Crippen LogP contribution >= 0.6 is 0 Å². The molecule has 0 saturated heterocycles. The van der Waals surface area contributed by atoms with Gasteiger partial charge in [-0.15, -0.1) is 5.10 Å². The van der Waals surface area contributed by atoms with Crippen LogP contribution in [0.3, 0.4) is 0 Å². The molecule has 6 nitrogen and oxygen atoms in total. The van der Waals surface area contributed by atoms with E-state index in [-0.39, 0.29) is 5.82 Å². The predicted octanol–water partition coefficient (Wildman–Crippen LogP) is 4.09. The molecule has 0 radical (unpaired) electrons. The number of benzene rings is 2. The molecule has 3 aromatic heterocycles. The highest BCUT2D eigenvalue weighted by Crippen LogP contribution is 2.28. The van der Waals surface area contributed by atoms with Gasteiger partial charge in [0.25, 0.3) is 0 Å². The van der Waals surface area contributed by atoms with Gasteiger partial charge in [-0.25, -0.2) is 9.37 Å². The lowest BCUT2D eigenvalue weighted by molar-refractivity contribution is 0.628. The van der Waals surface area contributed by atoms with E-state index in [2.05, 4.69) is 20.6 Å². The van der Waals surface area contributed by atoms with Crippen molar-refractivity contribution >= 4 is 22.4 Å². The molecule has 28 heavy (non-hydrogen) atoms. The van der Waals surface area contributed by atoms with Gasteiger partial charge in [0, 0.05) is 17.1 Å². The summed E-state index contributed by atoms with van der Waals surface area (Å²) < 4.78 is 15.0. The van der Waals surface area contributed by atoms with Gasteiger partial charge in [-0.2, -0.15) is 4.52 Å².